The van der Waals surface area contributed by atoms with Gasteiger partial charge in [-0.15, -0.1) is 0 Å². The average Bonchev–Trinajstić information content (AvgIpc) is 3.49. The smallest absolute Gasteiger partial charge is 0.272 e. The maximum absolute atomic E-state index is 13.0. The van der Waals surface area contributed by atoms with E-state index in [4.69, 9.17) is 0 Å². The number of rotatable bonds is 6. The normalized spacial score (nSPS) is 18.1. The van der Waals surface area contributed by atoms with Gasteiger partial charge in [0.1, 0.15) is 11.9 Å². The number of hydrogen-bond acceptors (Lipinski definition) is 6. The number of anilines is 1. The third kappa shape index (κ3) is 4.56. The molecule has 2 saturated heterocycles. The van der Waals surface area contributed by atoms with Crippen molar-refractivity contribution in [1.29, 1.82) is 0 Å². The molecule has 0 spiro atoms. The van der Waals surface area contributed by atoms with Crippen LogP contribution in [0.2, 0.25) is 0 Å². The third-order valence-corrected chi connectivity index (χ3v) is 6.16. The van der Waals surface area contributed by atoms with Gasteiger partial charge in [-0.05, 0) is 56.4 Å². The average molecular weight is 438 g/mol. The number of pyridine rings is 1. The molecule has 32 heavy (non-hydrogen) atoms. The molecule has 1 atom stereocenters. The highest BCUT2D eigenvalue weighted by molar-refractivity contribution is 5.98. The molecule has 0 saturated carbocycles. The van der Waals surface area contributed by atoms with Crippen molar-refractivity contribution in [2.24, 2.45) is 0 Å². The number of nitrogens with zero attached hydrogens (tertiary/aromatic N) is 4. The topological polar surface area (TPSA) is 109 Å². The van der Waals surface area contributed by atoms with Gasteiger partial charge in [0.05, 0.1) is 4.92 Å². The van der Waals surface area contributed by atoms with Crippen molar-refractivity contribution in [3.05, 3.63) is 63.3 Å². The van der Waals surface area contributed by atoms with E-state index in [1.54, 1.807) is 18.0 Å². The quantitative estimate of drug-likeness (QED) is 0.550. The van der Waals surface area contributed by atoms with E-state index in [1.807, 2.05) is 12.1 Å². The molecular weight excluding hydrogens is 410 g/mol. The SMILES string of the molecule is Cc1cc(C(=O)N2CCCC2C(=O)NCc2ccc(N3CCCC3)nc2)ccc1[N+](=O)[O-]. The number of hydrogen-bond donors (Lipinski definition) is 1. The maximum atomic E-state index is 13.0. The molecule has 3 heterocycles. The van der Waals surface area contributed by atoms with E-state index in [-0.39, 0.29) is 17.5 Å². The molecule has 0 radical (unpaired) electrons. The van der Waals surface area contributed by atoms with Crippen molar-refractivity contribution >= 4 is 23.3 Å². The molecule has 2 aliphatic heterocycles. The molecule has 1 N–H and O–H groups in total. The van der Waals surface area contributed by atoms with Gasteiger partial charge in [-0.25, -0.2) is 4.98 Å². The molecule has 9 nitrogen and oxygen atoms in total. The Morgan fingerprint density at radius 1 is 1.16 bits per heavy atom. The molecule has 0 aliphatic carbocycles. The molecule has 4 rings (SSSR count). The molecule has 1 aromatic heterocycles. The third-order valence-electron chi connectivity index (χ3n) is 6.16. The summed E-state index contributed by atoms with van der Waals surface area (Å²) in [6.45, 7) is 4.50. The maximum Gasteiger partial charge on any atom is 0.272 e. The monoisotopic (exact) mass is 437 g/mol. The van der Waals surface area contributed by atoms with Crippen LogP contribution in [0, 0.1) is 17.0 Å². The zero-order valence-electron chi connectivity index (χ0n) is 18.1. The number of nitro benzene ring substituents is 1. The first-order valence-corrected chi connectivity index (χ1v) is 11.0. The Morgan fingerprint density at radius 2 is 1.94 bits per heavy atom. The van der Waals surface area contributed by atoms with Crippen molar-refractivity contribution in [1.82, 2.24) is 15.2 Å². The first kappa shape index (κ1) is 21.7. The Bertz CT molecular complexity index is 1020. The van der Waals surface area contributed by atoms with Crippen LogP contribution in [0.25, 0.3) is 0 Å². The number of amides is 2. The largest absolute Gasteiger partial charge is 0.357 e. The van der Waals surface area contributed by atoms with Gasteiger partial charge < -0.3 is 15.1 Å². The Morgan fingerprint density at radius 3 is 2.59 bits per heavy atom. The lowest BCUT2D eigenvalue weighted by Crippen LogP contribution is -2.45. The molecule has 2 amide bonds. The van der Waals surface area contributed by atoms with E-state index in [0.29, 0.717) is 30.6 Å². The Labute approximate surface area is 186 Å². The van der Waals surface area contributed by atoms with Crippen LogP contribution in [-0.4, -0.2) is 52.3 Å². The second kappa shape index (κ2) is 9.33. The Balaban J connectivity index is 1.37. The fourth-order valence-electron chi connectivity index (χ4n) is 4.40. The summed E-state index contributed by atoms with van der Waals surface area (Å²) in [4.78, 5) is 44.7. The highest BCUT2D eigenvalue weighted by Gasteiger charge is 2.34. The second-order valence-corrected chi connectivity index (χ2v) is 8.35. The number of carbonyl (C=O) groups is 2. The zero-order chi connectivity index (χ0) is 22.7. The second-order valence-electron chi connectivity index (χ2n) is 8.35. The van der Waals surface area contributed by atoms with E-state index < -0.39 is 11.0 Å². The number of carbonyl (C=O) groups excluding carboxylic acids is 2. The van der Waals surface area contributed by atoms with Crippen LogP contribution < -0.4 is 10.2 Å². The first-order valence-electron chi connectivity index (χ1n) is 11.0. The minimum Gasteiger partial charge on any atom is -0.357 e. The van der Waals surface area contributed by atoms with Gasteiger partial charge in [0, 0.05) is 49.6 Å². The molecular formula is C23H27N5O4. The van der Waals surface area contributed by atoms with Gasteiger partial charge in [0.15, 0.2) is 0 Å². The van der Waals surface area contributed by atoms with Crippen molar-refractivity contribution < 1.29 is 14.5 Å². The van der Waals surface area contributed by atoms with Crippen LogP contribution in [0.5, 0.6) is 0 Å². The van der Waals surface area contributed by atoms with E-state index >= 15 is 0 Å². The van der Waals surface area contributed by atoms with Crippen molar-refractivity contribution in [2.45, 2.75) is 45.2 Å². The van der Waals surface area contributed by atoms with Crippen LogP contribution in [-0.2, 0) is 11.3 Å². The first-order chi connectivity index (χ1) is 15.4. The minimum atomic E-state index is -0.546. The number of aromatic nitrogens is 1. The predicted molar refractivity (Wildman–Crippen MR) is 119 cm³/mol. The molecule has 0 bridgehead atoms. The molecule has 168 valence electrons. The molecule has 2 aliphatic rings. The molecule has 2 aromatic rings. The molecule has 1 aromatic carbocycles. The highest BCUT2D eigenvalue weighted by atomic mass is 16.6. The van der Waals surface area contributed by atoms with Gasteiger partial charge in [0.25, 0.3) is 11.6 Å². The summed E-state index contributed by atoms with van der Waals surface area (Å²) in [6, 6.07) is 7.71. The molecule has 1 unspecified atom stereocenters. The van der Waals surface area contributed by atoms with Crippen molar-refractivity contribution in [2.75, 3.05) is 24.5 Å². The van der Waals surface area contributed by atoms with Crippen molar-refractivity contribution in [3.8, 4) is 0 Å². The molecule has 2 fully saturated rings. The number of benzene rings is 1. The Kier molecular flexibility index (Phi) is 6.34. The lowest BCUT2D eigenvalue weighted by Gasteiger charge is -2.24. The lowest BCUT2D eigenvalue weighted by molar-refractivity contribution is -0.385. The summed E-state index contributed by atoms with van der Waals surface area (Å²) in [5, 5.41) is 14.0. The number of nitro groups is 1. The van der Waals surface area contributed by atoms with Crippen LogP contribution in [0.3, 0.4) is 0 Å². The fourth-order valence-corrected chi connectivity index (χ4v) is 4.40. The molecule has 9 heteroatoms. The summed E-state index contributed by atoms with van der Waals surface area (Å²) in [6.07, 6.45) is 5.49. The summed E-state index contributed by atoms with van der Waals surface area (Å²) in [5.74, 6) is 0.485. The van der Waals surface area contributed by atoms with Crippen LogP contribution >= 0.6 is 0 Å². The van der Waals surface area contributed by atoms with E-state index in [9.17, 15) is 19.7 Å². The standard InChI is InChI=1S/C23H27N5O4/c1-16-13-18(7-8-19(16)28(31)32)23(30)27-12-4-5-20(27)22(29)25-15-17-6-9-21(24-14-17)26-10-2-3-11-26/h6-9,13-14,20H,2-5,10-12,15H2,1H3,(H,25,29). The summed E-state index contributed by atoms with van der Waals surface area (Å²) < 4.78 is 0. The van der Waals surface area contributed by atoms with E-state index in [0.717, 1.165) is 30.9 Å². The van der Waals surface area contributed by atoms with Crippen molar-refractivity contribution in [3.63, 3.8) is 0 Å². The predicted octanol–water partition coefficient (Wildman–Crippen LogP) is 2.82. The fraction of sp³-hybridized carbons (Fsp3) is 0.435. The van der Waals surface area contributed by atoms with Crippen LogP contribution in [0.4, 0.5) is 11.5 Å². The van der Waals surface area contributed by atoms with E-state index in [1.165, 1.54) is 31.0 Å². The number of likely N-dealkylation sites (tertiary alicyclic amines) is 1. The van der Waals surface area contributed by atoms with Gasteiger partial charge in [-0.1, -0.05) is 6.07 Å². The highest BCUT2D eigenvalue weighted by Crippen LogP contribution is 2.24. The lowest BCUT2D eigenvalue weighted by atomic mass is 10.1. The van der Waals surface area contributed by atoms with Crippen LogP contribution in [0.1, 0.15) is 47.2 Å². The van der Waals surface area contributed by atoms with Crippen LogP contribution in [0.15, 0.2) is 36.5 Å². The van der Waals surface area contributed by atoms with Gasteiger partial charge in [-0.2, -0.15) is 0 Å². The van der Waals surface area contributed by atoms with Gasteiger partial charge >= 0.3 is 0 Å². The van der Waals surface area contributed by atoms with Gasteiger partial charge in [-0.3, -0.25) is 19.7 Å². The Hall–Kier alpha value is -3.49. The summed E-state index contributed by atoms with van der Waals surface area (Å²) in [7, 11) is 0. The minimum absolute atomic E-state index is 0.0263. The van der Waals surface area contributed by atoms with E-state index in [2.05, 4.69) is 15.2 Å². The summed E-state index contributed by atoms with van der Waals surface area (Å²) in [5.41, 5.74) is 1.66. The number of nitrogens with one attached hydrogen (secondary N) is 1. The zero-order valence-corrected chi connectivity index (χ0v) is 18.1. The number of aryl methyl sites for hydroxylation is 1. The summed E-state index contributed by atoms with van der Waals surface area (Å²) >= 11 is 0. The van der Waals surface area contributed by atoms with Gasteiger partial charge in [0.2, 0.25) is 5.91 Å².